The van der Waals surface area contributed by atoms with Gasteiger partial charge in [0, 0.05) is 39.4 Å². The van der Waals surface area contributed by atoms with Crippen molar-refractivity contribution >= 4 is 17.8 Å². The maximum Gasteiger partial charge on any atom is 0.409 e. The van der Waals surface area contributed by atoms with E-state index >= 15 is 0 Å². The Labute approximate surface area is 153 Å². The molecule has 0 spiro atoms. The Hall–Kier alpha value is -2.42. The minimum absolute atomic E-state index is 0.212. The average molecular weight is 365 g/mol. The molecule has 9 heteroatoms. The van der Waals surface area contributed by atoms with Crippen molar-refractivity contribution in [2.24, 2.45) is 0 Å². The highest BCUT2D eigenvalue weighted by molar-refractivity contribution is 5.92. The molecule has 1 fully saturated rings. The number of hydrogen-bond acceptors (Lipinski definition) is 7. The van der Waals surface area contributed by atoms with E-state index in [2.05, 4.69) is 20.8 Å². The molecule has 0 saturated carbocycles. The molecule has 2 rings (SSSR count). The summed E-state index contributed by atoms with van der Waals surface area (Å²) in [5, 5.41) is 14.1. The minimum atomic E-state index is -0.258. The van der Waals surface area contributed by atoms with Gasteiger partial charge < -0.3 is 25.0 Å². The van der Waals surface area contributed by atoms with Crippen molar-refractivity contribution in [3.8, 4) is 0 Å². The first-order valence-corrected chi connectivity index (χ1v) is 8.93. The zero-order valence-corrected chi connectivity index (χ0v) is 15.4. The van der Waals surface area contributed by atoms with Crippen LogP contribution in [0.4, 0.5) is 10.6 Å². The van der Waals surface area contributed by atoms with E-state index in [1.54, 1.807) is 31.1 Å². The SMILES string of the molecule is CCOC(=O)N1CCC(Nc2ccc(C(=O)NCCCOC)nn2)CC1. The Bertz CT molecular complexity index is 573. The lowest BCUT2D eigenvalue weighted by Crippen LogP contribution is -2.42. The number of piperidine rings is 1. The van der Waals surface area contributed by atoms with Gasteiger partial charge in [-0.05, 0) is 38.3 Å². The molecule has 2 N–H and O–H groups in total. The summed E-state index contributed by atoms with van der Waals surface area (Å²) in [5.41, 5.74) is 0.282. The summed E-state index contributed by atoms with van der Waals surface area (Å²) in [4.78, 5) is 25.3. The van der Waals surface area contributed by atoms with Crippen molar-refractivity contribution in [1.82, 2.24) is 20.4 Å². The molecule has 0 unspecified atom stereocenters. The van der Waals surface area contributed by atoms with Gasteiger partial charge in [-0.15, -0.1) is 10.2 Å². The fourth-order valence-corrected chi connectivity index (χ4v) is 2.67. The van der Waals surface area contributed by atoms with E-state index in [-0.39, 0.29) is 23.7 Å². The molecule has 1 aliphatic heterocycles. The van der Waals surface area contributed by atoms with Crippen molar-refractivity contribution in [2.75, 3.05) is 45.3 Å². The number of carbonyl (C=O) groups excluding carboxylic acids is 2. The molecule has 1 saturated heterocycles. The number of hydrogen-bond donors (Lipinski definition) is 2. The molecule has 0 atom stereocenters. The van der Waals surface area contributed by atoms with Crippen LogP contribution in [0.2, 0.25) is 0 Å². The molecular formula is C17H27N5O4. The molecule has 2 amide bonds. The molecule has 26 heavy (non-hydrogen) atoms. The molecule has 0 aliphatic carbocycles. The highest BCUT2D eigenvalue weighted by Gasteiger charge is 2.23. The van der Waals surface area contributed by atoms with Gasteiger partial charge in [-0.1, -0.05) is 0 Å². The van der Waals surface area contributed by atoms with Crippen LogP contribution in [0.3, 0.4) is 0 Å². The van der Waals surface area contributed by atoms with Crippen LogP contribution in [0.25, 0.3) is 0 Å². The van der Waals surface area contributed by atoms with Gasteiger partial charge in [0.25, 0.3) is 5.91 Å². The molecule has 1 aliphatic rings. The maximum absolute atomic E-state index is 11.9. The summed E-state index contributed by atoms with van der Waals surface area (Å²) >= 11 is 0. The van der Waals surface area contributed by atoms with Gasteiger partial charge >= 0.3 is 6.09 Å². The van der Waals surface area contributed by atoms with E-state index in [1.807, 2.05) is 0 Å². The predicted octanol–water partition coefficient (Wildman–Crippen LogP) is 1.28. The first kappa shape index (κ1) is 19.9. The molecule has 144 valence electrons. The average Bonchev–Trinajstić information content (AvgIpc) is 2.66. The number of nitrogens with zero attached hydrogens (tertiary/aromatic N) is 3. The van der Waals surface area contributed by atoms with Crippen LogP contribution in [0.1, 0.15) is 36.7 Å². The third-order valence-corrected chi connectivity index (χ3v) is 4.08. The van der Waals surface area contributed by atoms with Crippen LogP contribution in [-0.2, 0) is 9.47 Å². The number of aromatic nitrogens is 2. The molecule has 9 nitrogen and oxygen atoms in total. The summed E-state index contributed by atoms with van der Waals surface area (Å²) in [7, 11) is 1.62. The van der Waals surface area contributed by atoms with E-state index in [0.717, 1.165) is 19.3 Å². The topological polar surface area (TPSA) is 106 Å². The highest BCUT2D eigenvalue weighted by Crippen LogP contribution is 2.15. The normalized spacial score (nSPS) is 14.8. The van der Waals surface area contributed by atoms with Gasteiger partial charge in [0.15, 0.2) is 5.69 Å². The third-order valence-electron chi connectivity index (χ3n) is 4.08. The Morgan fingerprint density at radius 1 is 1.27 bits per heavy atom. The number of amides is 2. The maximum atomic E-state index is 11.9. The monoisotopic (exact) mass is 365 g/mol. The van der Waals surface area contributed by atoms with E-state index in [0.29, 0.717) is 38.7 Å². The van der Waals surface area contributed by atoms with E-state index in [1.165, 1.54) is 0 Å². The summed E-state index contributed by atoms with van der Waals surface area (Å²) < 4.78 is 9.94. The lowest BCUT2D eigenvalue weighted by atomic mass is 10.1. The number of likely N-dealkylation sites (tertiary alicyclic amines) is 1. The highest BCUT2D eigenvalue weighted by atomic mass is 16.6. The Morgan fingerprint density at radius 3 is 2.65 bits per heavy atom. The molecular weight excluding hydrogens is 338 g/mol. The lowest BCUT2D eigenvalue weighted by molar-refractivity contribution is 0.0941. The van der Waals surface area contributed by atoms with Crippen molar-refractivity contribution < 1.29 is 19.1 Å². The van der Waals surface area contributed by atoms with Gasteiger partial charge in [-0.3, -0.25) is 4.79 Å². The second-order valence-electron chi connectivity index (χ2n) is 6.01. The largest absolute Gasteiger partial charge is 0.450 e. The number of carbonyl (C=O) groups is 2. The molecule has 0 radical (unpaired) electrons. The Balaban J connectivity index is 1.75. The van der Waals surface area contributed by atoms with E-state index in [4.69, 9.17) is 9.47 Å². The lowest BCUT2D eigenvalue weighted by Gasteiger charge is -2.31. The summed E-state index contributed by atoms with van der Waals surface area (Å²) in [5.74, 6) is 0.374. The second kappa shape index (κ2) is 10.5. The van der Waals surface area contributed by atoms with Crippen LogP contribution in [-0.4, -0.2) is 73.1 Å². The zero-order valence-electron chi connectivity index (χ0n) is 15.4. The van der Waals surface area contributed by atoms with Crippen molar-refractivity contribution in [2.45, 2.75) is 32.2 Å². The number of methoxy groups -OCH3 is 1. The summed E-state index contributed by atoms with van der Waals surface area (Å²) in [6, 6.07) is 3.60. The van der Waals surface area contributed by atoms with Crippen molar-refractivity contribution in [3.63, 3.8) is 0 Å². The third kappa shape index (κ3) is 6.14. The molecule has 2 heterocycles. The Kier molecular flexibility index (Phi) is 8.07. The molecule has 0 bridgehead atoms. The number of rotatable bonds is 8. The quantitative estimate of drug-likeness (QED) is 0.668. The first-order chi connectivity index (χ1) is 12.6. The van der Waals surface area contributed by atoms with Crippen molar-refractivity contribution in [1.29, 1.82) is 0 Å². The molecule has 1 aromatic heterocycles. The van der Waals surface area contributed by atoms with Gasteiger partial charge in [0.1, 0.15) is 5.82 Å². The van der Waals surface area contributed by atoms with Crippen LogP contribution >= 0.6 is 0 Å². The molecule has 0 aromatic carbocycles. The van der Waals surface area contributed by atoms with E-state index < -0.39 is 0 Å². The van der Waals surface area contributed by atoms with Crippen LogP contribution < -0.4 is 10.6 Å². The zero-order chi connectivity index (χ0) is 18.8. The number of anilines is 1. The fraction of sp³-hybridized carbons (Fsp3) is 0.647. The van der Waals surface area contributed by atoms with Crippen LogP contribution in [0.15, 0.2) is 12.1 Å². The number of ether oxygens (including phenoxy) is 2. The number of nitrogens with one attached hydrogen (secondary N) is 2. The Morgan fingerprint density at radius 2 is 2.04 bits per heavy atom. The van der Waals surface area contributed by atoms with E-state index in [9.17, 15) is 9.59 Å². The predicted molar refractivity (Wildman–Crippen MR) is 96.1 cm³/mol. The smallest absolute Gasteiger partial charge is 0.409 e. The standard InChI is InChI=1S/C17H27N5O4/c1-3-26-17(24)22-10-7-13(8-11-22)19-15-6-5-14(20-21-15)16(23)18-9-4-12-25-2/h5-6,13H,3-4,7-12H2,1-2H3,(H,18,23)(H,19,21). The minimum Gasteiger partial charge on any atom is -0.450 e. The van der Waals surface area contributed by atoms with Gasteiger partial charge in [-0.25, -0.2) is 4.79 Å². The molecule has 1 aromatic rings. The fourth-order valence-electron chi connectivity index (χ4n) is 2.67. The van der Waals surface area contributed by atoms with Gasteiger partial charge in [0.05, 0.1) is 6.61 Å². The summed E-state index contributed by atoms with van der Waals surface area (Å²) in [6.07, 6.45) is 2.11. The first-order valence-electron chi connectivity index (χ1n) is 8.93. The van der Waals surface area contributed by atoms with Crippen LogP contribution in [0.5, 0.6) is 0 Å². The van der Waals surface area contributed by atoms with Gasteiger partial charge in [0.2, 0.25) is 0 Å². The second-order valence-corrected chi connectivity index (χ2v) is 6.01. The van der Waals surface area contributed by atoms with Gasteiger partial charge in [-0.2, -0.15) is 0 Å². The summed E-state index contributed by atoms with van der Waals surface area (Å²) in [6.45, 7) is 4.61. The van der Waals surface area contributed by atoms with Crippen LogP contribution in [0, 0.1) is 0 Å². The van der Waals surface area contributed by atoms with Crippen molar-refractivity contribution in [3.05, 3.63) is 17.8 Å².